The summed E-state index contributed by atoms with van der Waals surface area (Å²) in [7, 11) is 0. The molecule has 0 aliphatic heterocycles. The second kappa shape index (κ2) is 4.42. The second-order valence-corrected chi connectivity index (χ2v) is 5.35. The van der Waals surface area contributed by atoms with Gasteiger partial charge < -0.3 is 10.6 Å². The highest BCUT2D eigenvalue weighted by Crippen LogP contribution is 2.30. The molecular formula is C12H22N2O. The number of hydrogen-bond donors (Lipinski definition) is 2. The first-order valence-electron chi connectivity index (χ1n) is 6.27. The molecule has 0 spiro atoms. The maximum absolute atomic E-state index is 11.7. The van der Waals surface area contributed by atoms with Gasteiger partial charge in [-0.1, -0.05) is 19.3 Å². The molecule has 0 saturated heterocycles. The maximum Gasteiger partial charge on any atom is 0.315 e. The molecule has 0 aromatic heterocycles. The van der Waals surface area contributed by atoms with E-state index in [4.69, 9.17) is 0 Å². The Bertz CT molecular complexity index is 230. The maximum atomic E-state index is 11.7. The molecule has 2 rings (SSSR count). The van der Waals surface area contributed by atoms with Crippen LogP contribution in [0.3, 0.4) is 0 Å². The van der Waals surface area contributed by atoms with Crippen LogP contribution in [0.25, 0.3) is 0 Å². The van der Waals surface area contributed by atoms with Crippen LogP contribution in [0.5, 0.6) is 0 Å². The van der Waals surface area contributed by atoms with Gasteiger partial charge in [0.15, 0.2) is 0 Å². The molecule has 0 aromatic carbocycles. The van der Waals surface area contributed by atoms with Crippen molar-refractivity contribution in [1.29, 1.82) is 0 Å². The van der Waals surface area contributed by atoms with Crippen LogP contribution in [0.2, 0.25) is 0 Å². The average Bonchev–Trinajstić information content (AvgIpc) is 2.16. The zero-order valence-corrected chi connectivity index (χ0v) is 9.64. The molecule has 2 fully saturated rings. The van der Waals surface area contributed by atoms with Gasteiger partial charge in [-0.15, -0.1) is 0 Å². The van der Waals surface area contributed by atoms with E-state index in [1.54, 1.807) is 0 Å². The summed E-state index contributed by atoms with van der Waals surface area (Å²) >= 11 is 0. The first kappa shape index (κ1) is 10.8. The lowest BCUT2D eigenvalue weighted by molar-refractivity contribution is 0.186. The van der Waals surface area contributed by atoms with E-state index in [9.17, 15) is 4.79 Å². The van der Waals surface area contributed by atoms with E-state index in [1.807, 2.05) is 0 Å². The fraction of sp³-hybridized carbons (Fsp3) is 0.917. The summed E-state index contributed by atoms with van der Waals surface area (Å²) in [6, 6.07) is 0.464. The topological polar surface area (TPSA) is 41.1 Å². The Balaban J connectivity index is 1.71. The Hall–Kier alpha value is -0.730. The normalized spacial score (nSPS) is 25.4. The third-order valence-corrected chi connectivity index (χ3v) is 3.81. The molecule has 15 heavy (non-hydrogen) atoms. The van der Waals surface area contributed by atoms with E-state index in [2.05, 4.69) is 17.6 Å². The summed E-state index contributed by atoms with van der Waals surface area (Å²) in [5, 5.41) is 6.18. The lowest BCUT2D eigenvalue weighted by Gasteiger charge is -2.39. The van der Waals surface area contributed by atoms with Crippen molar-refractivity contribution >= 4 is 6.03 Å². The fourth-order valence-corrected chi connectivity index (χ4v) is 2.57. The molecule has 3 nitrogen and oxygen atoms in total. The molecule has 2 saturated carbocycles. The Labute approximate surface area is 92.0 Å². The van der Waals surface area contributed by atoms with Crippen molar-refractivity contribution in [2.75, 3.05) is 0 Å². The van der Waals surface area contributed by atoms with E-state index in [1.165, 1.54) is 25.7 Å². The zero-order valence-electron chi connectivity index (χ0n) is 9.64. The van der Waals surface area contributed by atoms with Gasteiger partial charge in [-0.05, 0) is 39.0 Å². The van der Waals surface area contributed by atoms with Gasteiger partial charge >= 0.3 is 6.03 Å². The standard InChI is InChI=1S/C12H22N2O/c1-12(8-5-9-12)14-11(15)13-10-6-3-2-4-7-10/h10H,2-9H2,1H3,(H2,13,14,15). The van der Waals surface area contributed by atoms with Crippen LogP contribution in [0, 0.1) is 0 Å². The van der Waals surface area contributed by atoms with Crippen molar-refractivity contribution in [2.24, 2.45) is 0 Å². The molecule has 86 valence electrons. The number of hydrogen-bond acceptors (Lipinski definition) is 1. The van der Waals surface area contributed by atoms with Gasteiger partial charge in [0, 0.05) is 11.6 Å². The third kappa shape index (κ3) is 2.86. The zero-order chi connectivity index (χ0) is 10.7. The number of carbonyl (C=O) groups is 1. The minimum atomic E-state index is 0.0455. The molecule has 3 heteroatoms. The van der Waals surface area contributed by atoms with Crippen molar-refractivity contribution in [3.63, 3.8) is 0 Å². The van der Waals surface area contributed by atoms with Crippen LogP contribution in [-0.4, -0.2) is 17.6 Å². The van der Waals surface area contributed by atoms with Crippen molar-refractivity contribution in [1.82, 2.24) is 10.6 Å². The summed E-state index contributed by atoms with van der Waals surface area (Å²) in [6.45, 7) is 2.14. The summed E-state index contributed by atoms with van der Waals surface area (Å²) in [6.07, 6.45) is 9.69. The van der Waals surface area contributed by atoms with Gasteiger partial charge in [0.2, 0.25) is 0 Å². The average molecular weight is 210 g/mol. The Morgan fingerprint density at radius 3 is 2.33 bits per heavy atom. The highest BCUT2D eigenvalue weighted by molar-refractivity contribution is 5.75. The monoisotopic (exact) mass is 210 g/mol. The SMILES string of the molecule is CC1(NC(=O)NC2CCCCC2)CCC1. The molecule has 0 atom stereocenters. The number of amides is 2. The van der Waals surface area contributed by atoms with E-state index in [0.29, 0.717) is 6.04 Å². The van der Waals surface area contributed by atoms with Crippen LogP contribution in [-0.2, 0) is 0 Å². The molecule has 0 bridgehead atoms. The summed E-state index contributed by atoms with van der Waals surface area (Å²) in [5.74, 6) is 0. The Morgan fingerprint density at radius 1 is 1.13 bits per heavy atom. The molecule has 2 aliphatic carbocycles. The minimum absolute atomic E-state index is 0.0455. The van der Waals surface area contributed by atoms with Gasteiger partial charge in [-0.2, -0.15) is 0 Å². The first-order valence-corrected chi connectivity index (χ1v) is 6.27. The molecule has 2 amide bonds. The number of rotatable bonds is 2. The van der Waals surface area contributed by atoms with Crippen LogP contribution in [0.4, 0.5) is 4.79 Å². The second-order valence-electron chi connectivity index (χ2n) is 5.35. The van der Waals surface area contributed by atoms with Gasteiger partial charge in [0.05, 0.1) is 0 Å². The molecule has 2 aliphatic rings. The van der Waals surface area contributed by atoms with E-state index >= 15 is 0 Å². The predicted octanol–water partition coefficient (Wildman–Crippen LogP) is 2.56. The number of nitrogens with one attached hydrogen (secondary N) is 2. The molecule has 0 aromatic rings. The molecular weight excluding hydrogens is 188 g/mol. The highest BCUT2D eigenvalue weighted by Gasteiger charge is 2.33. The van der Waals surface area contributed by atoms with E-state index in [0.717, 1.165) is 25.7 Å². The van der Waals surface area contributed by atoms with Gasteiger partial charge in [-0.3, -0.25) is 0 Å². The smallest absolute Gasteiger partial charge is 0.315 e. The first-order chi connectivity index (χ1) is 7.18. The van der Waals surface area contributed by atoms with Gasteiger partial charge in [0.1, 0.15) is 0 Å². The quantitative estimate of drug-likeness (QED) is 0.722. The summed E-state index contributed by atoms with van der Waals surface area (Å²) < 4.78 is 0. The highest BCUT2D eigenvalue weighted by atomic mass is 16.2. The van der Waals surface area contributed by atoms with Gasteiger partial charge in [-0.25, -0.2) is 4.79 Å². The lowest BCUT2D eigenvalue weighted by Crippen LogP contribution is -2.55. The predicted molar refractivity (Wildman–Crippen MR) is 60.8 cm³/mol. The van der Waals surface area contributed by atoms with Crippen molar-refractivity contribution in [2.45, 2.75) is 69.9 Å². The Morgan fingerprint density at radius 2 is 1.80 bits per heavy atom. The van der Waals surface area contributed by atoms with E-state index in [-0.39, 0.29) is 11.6 Å². The third-order valence-electron chi connectivity index (χ3n) is 3.81. The van der Waals surface area contributed by atoms with Crippen LogP contribution in [0.1, 0.15) is 58.3 Å². The van der Waals surface area contributed by atoms with Crippen molar-refractivity contribution in [3.8, 4) is 0 Å². The fourth-order valence-electron chi connectivity index (χ4n) is 2.57. The lowest BCUT2D eigenvalue weighted by atomic mass is 9.79. The molecule has 0 radical (unpaired) electrons. The number of urea groups is 1. The van der Waals surface area contributed by atoms with Crippen LogP contribution in [0.15, 0.2) is 0 Å². The molecule has 0 unspecified atom stereocenters. The summed E-state index contributed by atoms with van der Waals surface area (Å²) in [4.78, 5) is 11.7. The van der Waals surface area contributed by atoms with Crippen LogP contribution < -0.4 is 10.6 Å². The summed E-state index contributed by atoms with van der Waals surface area (Å²) in [5.41, 5.74) is 0.0821. The molecule has 2 N–H and O–H groups in total. The Kier molecular flexibility index (Phi) is 3.17. The molecule has 0 heterocycles. The van der Waals surface area contributed by atoms with Crippen molar-refractivity contribution in [3.05, 3.63) is 0 Å². The van der Waals surface area contributed by atoms with Crippen molar-refractivity contribution < 1.29 is 4.79 Å². The van der Waals surface area contributed by atoms with E-state index < -0.39 is 0 Å². The minimum Gasteiger partial charge on any atom is -0.335 e. The largest absolute Gasteiger partial charge is 0.335 e. The van der Waals surface area contributed by atoms with Gasteiger partial charge in [0.25, 0.3) is 0 Å². The number of carbonyl (C=O) groups excluding carboxylic acids is 1. The van der Waals surface area contributed by atoms with Crippen LogP contribution >= 0.6 is 0 Å².